The van der Waals surface area contributed by atoms with Crippen LogP contribution < -0.4 is 15.2 Å². The highest BCUT2D eigenvalue weighted by Gasteiger charge is 2.23. The SMILES string of the molecule is COc1cc(C(C)(C)C)c(OC)cc1C(=O)CN. The fourth-order valence-electron chi connectivity index (χ4n) is 1.81. The second-order valence-corrected chi connectivity index (χ2v) is 5.13. The van der Waals surface area contributed by atoms with Gasteiger partial charge in [0.05, 0.1) is 26.3 Å². The predicted octanol–water partition coefficient (Wildman–Crippen LogP) is 2.14. The minimum absolute atomic E-state index is 0.0472. The molecule has 0 unspecified atom stereocenters. The van der Waals surface area contributed by atoms with E-state index >= 15 is 0 Å². The Bertz CT molecular complexity index is 447. The third kappa shape index (κ3) is 2.82. The number of methoxy groups -OCH3 is 2. The largest absolute Gasteiger partial charge is 0.496 e. The number of rotatable bonds is 4. The molecule has 0 aliphatic carbocycles. The molecule has 0 radical (unpaired) electrons. The maximum Gasteiger partial charge on any atom is 0.180 e. The number of hydrogen-bond donors (Lipinski definition) is 1. The van der Waals surface area contributed by atoms with Gasteiger partial charge in [-0.3, -0.25) is 4.79 Å². The average Bonchev–Trinajstić information content (AvgIpc) is 2.34. The molecule has 0 spiro atoms. The second kappa shape index (κ2) is 5.40. The van der Waals surface area contributed by atoms with E-state index < -0.39 is 0 Å². The van der Waals surface area contributed by atoms with Crippen molar-refractivity contribution < 1.29 is 14.3 Å². The number of ether oxygens (including phenoxy) is 2. The number of carbonyl (C=O) groups is 1. The normalized spacial score (nSPS) is 11.2. The van der Waals surface area contributed by atoms with Gasteiger partial charge in [0, 0.05) is 5.56 Å². The van der Waals surface area contributed by atoms with Gasteiger partial charge in [0.1, 0.15) is 11.5 Å². The molecule has 1 rings (SSSR count). The first kappa shape index (κ1) is 14.5. The Morgan fingerprint density at radius 3 is 2.11 bits per heavy atom. The van der Waals surface area contributed by atoms with E-state index in [9.17, 15) is 4.79 Å². The molecule has 2 N–H and O–H groups in total. The molecule has 0 amide bonds. The molecule has 100 valence electrons. The van der Waals surface area contributed by atoms with Crippen molar-refractivity contribution in [3.63, 3.8) is 0 Å². The predicted molar refractivity (Wildman–Crippen MR) is 71.6 cm³/mol. The Balaban J connectivity index is 3.47. The van der Waals surface area contributed by atoms with Gasteiger partial charge in [0.2, 0.25) is 0 Å². The van der Waals surface area contributed by atoms with Gasteiger partial charge in [-0.05, 0) is 17.5 Å². The molecule has 1 aromatic rings. The minimum Gasteiger partial charge on any atom is -0.496 e. The zero-order valence-corrected chi connectivity index (χ0v) is 11.7. The van der Waals surface area contributed by atoms with Gasteiger partial charge in [0.25, 0.3) is 0 Å². The molecule has 0 aliphatic rings. The van der Waals surface area contributed by atoms with Crippen LogP contribution >= 0.6 is 0 Å². The van der Waals surface area contributed by atoms with E-state index in [4.69, 9.17) is 15.2 Å². The standard InChI is InChI=1S/C14H21NO3/c1-14(2,3)10-7-12(17-4)9(11(16)8-15)6-13(10)18-5/h6-7H,8,15H2,1-5H3. The number of benzene rings is 1. The van der Waals surface area contributed by atoms with Crippen molar-refractivity contribution in [3.8, 4) is 11.5 Å². The van der Waals surface area contributed by atoms with Crippen molar-refractivity contribution in [1.82, 2.24) is 0 Å². The quantitative estimate of drug-likeness (QED) is 0.833. The molecule has 0 aromatic heterocycles. The lowest BCUT2D eigenvalue weighted by Crippen LogP contribution is -2.17. The number of ketones is 1. The highest BCUT2D eigenvalue weighted by molar-refractivity contribution is 6.00. The van der Waals surface area contributed by atoms with E-state index in [-0.39, 0.29) is 17.7 Å². The summed E-state index contributed by atoms with van der Waals surface area (Å²) in [7, 11) is 3.13. The van der Waals surface area contributed by atoms with Crippen LogP contribution in [0.25, 0.3) is 0 Å². The number of nitrogens with two attached hydrogens (primary N) is 1. The molecule has 0 heterocycles. The van der Waals surface area contributed by atoms with Crippen molar-refractivity contribution in [2.45, 2.75) is 26.2 Å². The zero-order valence-electron chi connectivity index (χ0n) is 11.7. The van der Waals surface area contributed by atoms with Crippen molar-refractivity contribution in [2.75, 3.05) is 20.8 Å². The lowest BCUT2D eigenvalue weighted by Gasteiger charge is -2.23. The van der Waals surface area contributed by atoms with E-state index in [2.05, 4.69) is 20.8 Å². The van der Waals surface area contributed by atoms with E-state index in [1.807, 2.05) is 6.07 Å². The third-order valence-electron chi connectivity index (χ3n) is 2.82. The first-order valence-electron chi connectivity index (χ1n) is 5.85. The maximum atomic E-state index is 11.8. The van der Waals surface area contributed by atoms with Gasteiger partial charge in [-0.2, -0.15) is 0 Å². The average molecular weight is 251 g/mol. The Labute approximate surface area is 108 Å². The molecule has 4 nitrogen and oxygen atoms in total. The smallest absolute Gasteiger partial charge is 0.180 e. The zero-order chi connectivity index (χ0) is 13.9. The highest BCUT2D eigenvalue weighted by Crippen LogP contribution is 2.36. The Kier molecular flexibility index (Phi) is 4.35. The Morgan fingerprint density at radius 2 is 1.72 bits per heavy atom. The molecule has 18 heavy (non-hydrogen) atoms. The summed E-state index contributed by atoms with van der Waals surface area (Å²) < 4.78 is 10.6. The van der Waals surface area contributed by atoms with Gasteiger partial charge in [0.15, 0.2) is 5.78 Å². The first-order valence-corrected chi connectivity index (χ1v) is 5.85. The van der Waals surface area contributed by atoms with Crippen molar-refractivity contribution in [2.24, 2.45) is 5.73 Å². The van der Waals surface area contributed by atoms with Crippen LogP contribution in [0.15, 0.2) is 12.1 Å². The molecular formula is C14H21NO3. The summed E-state index contributed by atoms with van der Waals surface area (Å²) in [5.74, 6) is 1.06. The molecular weight excluding hydrogens is 230 g/mol. The summed E-state index contributed by atoms with van der Waals surface area (Å²) in [6.07, 6.45) is 0. The first-order chi connectivity index (χ1) is 8.35. The van der Waals surface area contributed by atoms with Crippen molar-refractivity contribution in [3.05, 3.63) is 23.3 Å². The van der Waals surface area contributed by atoms with Crippen LogP contribution in [0.2, 0.25) is 0 Å². The summed E-state index contributed by atoms with van der Waals surface area (Å²) in [5, 5.41) is 0. The molecule has 4 heteroatoms. The fourth-order valence-corrected chi connectivity index (χ4v) is 1.81. The van der Waals surface area contributed by atoms with Gasteiger partial charge in [-0.1, -0.05) is 20.8 Å². The lowest BCUT2D eigenvalue weighted by atomic mass is 9.85. The van der Waals surface area contributed by atoms with E-state index in [0.29, 0.717) is 17.1 Å². The summed E-state index contributed by atoms with van der Waals surface area (Å²) in [5.41, 5.74) is 6.76. The Hall–Kier alpha value is -1.55. The van der Waals surface area contributed by atoms with E-state index in [1.165, 1.54) is 0 Å². The number of carbonyl (C=O) groups excluding carboxylic acids is 1. The minimum atomic E-state index is -0.161. The monoisotopic (exact) mass is 251 g/mol. The van der Waals surface area contributed by atoms with Crippen LogP contribution in [0, 0.1) is 0 Å². The second-order valence-electron chi connectivity index (χ2n) is 5.13. The van der Waals surface area contributed by atoms with Crippen LogP contribution in [0.1, 0.15) is 36.7 Å². The Morgan fingerprint density at radius 1 is 1.17 bits per heavy atom. The van der Waals surface area contributed by atoms with Crippen LogP contribution in [0.3, 0.4) is 0 Å². The van der Waals surface area contributed by atoms with Crippen molar-refractivity contribution in [1.29, 1.82) is 0 Å². The summed E-state index contributed by atoms with van der Waals surface area (Å²) in [6.45, 7) is 6.19. The summed E-state index contributed by atoms with van der Waals surface area (Å²) in [6, 6.07) is 3.55. The molecule has 0 saturated heterocycles. The van der Waals surface area contributed by atoms with Gasteiger partial charge < -0.3 is 15.2 Å². The van der Waals surface area contributed by atoms with E-state index in [1.54, 1.807) is 20.3 Å². The summed E-state index contributed by atoms with van der Waals surface area (Å²) in [4.78, 5) is 11.8. The molecule has 0 atom stereocenters. The molecule has 0 aliphatic heterocycles. The number of hydrogen-bond acceptors (Lipinski definition) is 4. The maximum absolute atomic E-state index is 11.8. The highest BCUT2D eigenvalue weighted by atomic mass is 16.5. The molecule has 0 bridgehead atoms. The van der Waals surface area contributed by atoms with Crippen LogP contribution in [-0.2, 0) is 5.41 Å². The summed E-state index contributed by atoms with van der Waals surface area (Å²) >= 11 is 0. The molecule has 0 fully saturated rings. The molecule has 0 saturated carbocycles. The fraction of sp³-hybridized carbons (Fsp3) is 0.500. The topological polar surface area (TPSA) is 61.5 Å². The van der Waals surface area contributed by atoms with Crippen LogP contribution in [0.5, 0.6) is 11.5 Å². The van der Waals surface area contributed by atoms with Crippen molar-refractivity contribution >= 4 is 5.78 Å². The van der Waals surface area contributed by atoms with Gasteiger partial charge >= 0.3 is 0 Å². The van der Waals surface area contributed by atoms with E-state index in [0.717, 1.165) is 5.56 Å². The third-order valence-corrected chi connectivity index (χ3v) is 2.82. The van der Waals surface area contributed by atoms with Crippen LogP contribution in [-0.4, -0.2) is 26.5 Å². The number of Topliss-reactive ketones (excluding diaryl/α,β-unsaturated/α-hetero) is 1. The van der Waals surface area contributed by atoms with Gasteiger partial charge in [-0.25, -0.2) is 0 Å². The lowest BCUT2D eigenvalue weighted by molar-refractivity contribution is 0.0998. The van der Waals surface area contributed by atoms with Gasteiger partial charge in [-0.15, -0.1) is 0 Å². The van der Waals surface area contributed by atoms with Crippen LogP contribution in [0.4, 0.5) is 0 Å². The molecule has 1 aromatic carbocycles.